The Bertz CT molecular complexity index is 842. The number of nitrogens with zero attached hydrogens (tertiary/aromatic N) is 2. The zero-order chi connectivity index (χ0) is 19.4. The van der Waals surface area contributed by atoms with E-state index >= 15 is 0 Å². The Balaban J connectivity index is 1.80. The Morgan fingerprint density at radius 3 is 2.30 bits per heavy atom. The van der Waals surface area contributed by atoms with Crippen LogP contribution in [0, 0.1) is 0 Å². The van der Waals surface area contributed by atoms with Gasteiger partial charge in [0.05, 0.1) is 10.9 Å². The summed E-state index contributed by atoms with van der Waals surface area (Å²) in [7, 11) is 0. The molecule has 1 heterocycles. The summed E-state index contributed by atoms with van der Waals surface area (Å²) in [5, 5.41) is 0. The highest BCUT2D eigenvalue weighted by molar-refractivity contribution is 8.26. The van der Waals surface area contributed by atoms with Crippen molar-refractivity contribution in [1.82, 2.24) is 4.90 Å². The van der Waals surface area contributed by atoms with E-state index in [2.05, 4.69) is 43.0 Å². The van der Waals surface area contributed by atoms with E-state index in [0.29, 0.717) is 9.23 Å². The Morgan fingerprint density at radius 2 is 1.70 bits per heavy atom. The van der Waals surface area contributed by atoms with Gasteiger partial charge in [-0.3, -0.25) is 9.69 Å². The van der Waals surface area contributed by atoms with Crippen molar-refractivity contribution in [2.24, 2.45) is 0 Å². The van der Waals surface area contributed by atoms with E-state index in [1.165, 1.54) is 17.4 Å². The summed E-state index contributed by atoms with van der Waals surface area (Å²) in [4.78, 5) is 17.6. The van der Waals surface area contributed by atoms with Crippen molar-refractivity contribution in [3.63, 3.8) is 0 Å². The van der Waals surface area contributed by atoms with Gasteiger partial charge < -0.3 is 4.90 Å². The van der Waals surface area contributed by atoms with Crippen LogP contribution in [0.15, 0.2) is 59.5 Å². The number of benzene rings is 2. The molecule has 0 saturated carbocycles. The van der Waals surface area contributed by atoms with Crippen LogP contribution in [0.2, 0.25) is 0 Å². The van der Waals surface area contributed by atoms with Crippen LogP contribution in [0.25, 0.3) is 6.08 Å². The van der Waals surface area contributed by atoms with Gasteiger partial charge in [-0.15, -0.1) is 0 Å². The topological polar surface area (TPSA) is 23.6 Å². The lowest BCUT2D eigenvalue weighted by atomic mass is 10.1. The zero-order valence-corrected chi connectivity index (χ0v) is 17.5. The van der Waals surface area contributed by atoms with Gasteiger partial charge in [-0.05, 0) is 50.1 Å². The first-order valence-electron chi connectivity index (χ1n) is 9.22. The molecule has 5 heteroatoms. The standard InChI is InChI=1S/C22H24N2OS2/c1-4-23(5-2)19-13-11-17(12-14-19)15-20-21(25)24(22(26)27-20)16(3)18-9-7-6-8-10-18/h6-16H,4-5H2,1-3H3/b20-15+. The molecule has 0 N–H and O–H groups in total. The van der Waals surface area contributed by atoms with E-state index < -0.39 is 0 Å². The molecular formula is C22H24N2OS2. The third kappa shape index (κ3) is 4.25. The first-order valence-corrected chi connectivity index (χ1v) is 10.4. The van der Waals surface area contributed by atoms with Gasteiger partial charge in [0.15, 0.2) is 0 Å². The van der Waals surface area contributed by atoms with Crippen LogP contribution in [0.4, 0.5) is 5.69 Å². The molecule has 1 atom stereocenters. The molecule has 1 fully saturated rings. The molecule has 3 nitrogen and oxygen atoms in total. The largest absolute Gasteiger partial charge is 0.372 e. The summed E-state index contributed by atoms with van der Waals surface area (Å²) in [6.07, 6.45) is 1.93. The molecule has 0 aliphatic carbocycles. The van der Waals surface area contributed by atoms with Gasteiger partial charge in [0.2, 0.25) is 0 Å². The molecule has 0 spiro atoms. The molecule has 0 radical (unpaired) electrons. The van der Waals surface area contributed by atoms with Gasteiger partial charge in [0.1, 0.15) is 4.32 Å². The van der Waals surface area contributed by atoms with Gasteiger partial charge in [-0.1, -0.05) is 66.4 Å². The molecule has 1 unspecified atom stereocenters. The van der Waals surface area contributed by atoms with Crippen LogP contribution in [0.1, 0.15) is 37.9 Å². The quantitative estimate of drug-likeness (QED) is 0.475. The van der Waals surface area contributed by atoms with Crippen molar-refractivity contribution in [3.05, 3.63) is 70.6 Å². The molecule has 0 bridgehead atoms. The zero-order valence-electron chi connectivity index (χ0n) is 15.9. The van der Waals surface area contributed by atoms with Gasteiger partial charge >= 0.3 is 0 Å². The van der Waals surface area contributed by atoms with E-state index in [9.17, 15) is 4.79 Å². The molecule has 140 valence electrons. The summed E-state index contributed by atoms with van der Waals surface area (Å²) < 4.78 is 0.613. The maximum atomic E-state index is 12.9. The first kappa shape index (κ1) is 19.6. The van der Waals surface area contributed by atoms with Crippen molar-refractivity contribution in [2.75, 3.05) is 18.0 Å². The number of anilines is 1. The molecule has 0 aromatic heterocycles. The van der Waals surface area contributed by atoms with E-state index in [0.717, 1.165) is 24.2 Å². The second-order valence-electron chi connectivity index (χ2n) is 6.40. The molecule has 1 aliphatic rings. The highest BCUT2D eigenvalue weighted by Crippen LogP contribution is 2.38. The monoisotopic (exact) mass is 396 g/mol. The Morgan fingerprint density at radius 1 is 1.07 bits per heavy atom. The van der Waals surface area contributed by atoms with Crippen molar-refractivity contribution in [1.29, 1.82) is 0 Å². The molecule has 3 rings (SSSR count). The average Bonchev–Trinajstić information content (AvgIpc) is 2.97. The second-order valence-corrected chi connectivity index (χ2v) is 8.08. The number of hydrogen-bond acceptors (Lipinski definition) is 4. The molecule has 2 aromatic rings. The van der Waals surface area contributed by atoms with E-state index in [4.69, 9.17) is 12.2 Å². The van der Waals surface area contributed by atoms with Crippen molar-refractivity contribution in [2.45, 2.75) is 26.8 Å². The summed E-state index contributed by atoms with van der Waals surface area (Å²) in [5.74, 6) is -0.0193. The minimum atomic E-state index is -0.0744. The molecule has 27 heavy (non-hydrogen) atoms. The van der Waals surface area contributed by atoms with Crippen LogP contribution >= 0.6 is 24.0 Å². The number of carbonyl (C=O) groups excluding carboxylic acids is 1. The SMILES string of the molecule is CCN(CC)c1ccc(/C=C2/SC(=S)N(C(C)c3ccccc3)C2=O)cc1. The molecule has 1 saturated heterocycles. The first-order chi connectivity index (χ1) is 13.0. The number of thiocarbonyl (C=S) groups is 1. The van der Waals surface area contributed by atoms with Crippen LogP contribution in [0.3, 0.4) is 0 Å². The summed E-state index contributed by atoms with van der Waals surface area (Å²) >= 11 is 6.87. The Kier molecular flexibility index (Phi) is 6.34. The van der Waals surface area contributed by atoms with Crippen LogP contribution in [-0.4, -0.2) is 28.2 Å². The molecule has 1 amide bonds. The lowest BCUT2D eigenvalue weighted by Gasteiger charge is -2.23. The number of carbonyl (C=O) groups is 1. The molecule has 2 aromatic carbocycles. The number of thioether (sulfide) groups is 1. The van der Waals surface area contributed by atoms with E-state index in [1.54, 1.807) is 4.90 Å². The van der Waals surface area contributed by atoms with Gasteiger partial charge in [-0.25, -0.2) is 0 Å². The third-order valence-corrected chi connectivity index (χ3v) is 6.14. The number of amides is 1. The van der Waals surface area contributed by atoms with Crippen LogP contribution in [-0.2, 0) is 4.79 Å². The summed E-state index contributed by atoms with van der Waals surface area (Å²) in [6, 6.07) is 18.2. The summed E-state index contributed by atoms with van der Waals surface area (Å²) in [5.41, 5.74) is 3.29. The Hall–Kier alpha value is -2.11. The van der Waals surface area contributed by atoms with Gasteiger partial charge in [0.25, 0.3) is 5.91 Å². The van der Waals surface area contributed by atoms with Crippen molar-refractivity contribution < 1.29 is 4.79 Å². The summed E-state index contributed by atoms with van der Waals surface area (Å²) in [6.45, 7) is 8.27. The normalized spacial score (nSPS) is 16.9. The smallest absolute Gasteiger partial charge is 0.266 e. The van der Waals surface area contributed by atoms with Crippen LogP contribution < -0.4 is 4.90 Å². The maximum absolute atomic E-state index is 12.9. The van der Waals surface area contributed by atoms with Gasteiger partial charge in [0, 0.05) is 18.8 Å². The molecule has 1 aliphatic heterocycles. The fraction of sp³-hybridized carbons (Fsp3) is 0.273. The third-order valence-electron chi connectivity index (χ3n) is 4.81. The fourth-order valence-corrected chi connectivity index (χ4v) is 4.63. The predicted octanol–water partition coefficient (Wildman–Crippen LogP) is 5.50. The minimum Gasteiger partial charge on any atom is -0.372 e. The highest BCUT2D eigenvalue weighted by Gasteiger charge is 2.35. The highest BCUT2D eigenvalue weighted by atomic mass is 32.2. The minimum absolute atomic E-state index is 0.0193. The number of rotatable bonds is 6. The Labute approximate surface area is 171 Å². The van der Waals surface area contributed by atoms with E-state index in [-0.39, 0.29) is 11.9 Å². The second kappa shape index (κ2) is 8.72. The van der Waals surface area contributed by atoms with Crippen LogP contribution in [0.5, 0.6) is 0 Å². The average molecular weight is 397 g/mol. The number of hydrogen-bond donors (Lipinski definition) is 0. The van der Waals surface area contributed by atoms with Gasteiger partial charge in [-0.2, -0.15) is 0 Å². The molecular weight excluding hydrogens is 372 g/mol. The lowest BCUT2D eigenvalue weighted by molar-refractivity contribution is -0.123. The fourth-order valence-electron chi connectivity index (χ4n) is 3.22. The maximum Gasteiger partial charge on any atom is 0.266 e. The van der Waals surface area contributed by atoms with Crippen molar-refractivity contribution in [3.8, 4) is 0 Å². The lowest BCUT2D eigenvalue weighted by Crippen LogP contribution is -2.30. The van der Waals surface area contributed by atoms with E-state index in [1.807, 2.05) is 43.3 Å². The predicted molar refractivity (Wildman–Crippen MR) is 120 cm³/mol. The van der Waals surface area contributed by atoms with Crippen molar-refractivity contribution >= 4 is 46.0 Å².